The van der Waals surface area contributed by atoms with Crippen molar-refractivity contribution in [2.75, 3.05) is 36.4 Å². The van der Waals surface area contributed by atoms with Crippen LogP contribution in [0.15, 0.2) is 53.1 Å². The molecule has 8 heteroatoms. The topological polar surface area (TPSA) is 74.5 Å². The van der Waals surface area contributed by atoms with Crippen LogP contribution < -0.4 is 10.2 Å². The average molecular weight is 398 g/mol. The van der Waals surface area contributed by atoms with E-state index >= 15 is 0 Å². The van der Waals surface area contributed by atoms with Gasteiger partial charge in [-0.2, -0.15) is 0 Å². The second-order valence-electron chi connectivity index (χ2n) is 6.62. The largest absolute Gasteiger partial charge is 0.463 e. The first kappa shape index (κ1) is 18.3. The second kappa shape index (κ2) is 7.90. The normalized spacial score (nSPS) is 14.2. The molecule has 0 spiro atoms. The molecule has 1 aliphatic heterocycles. The second-order valence-corrected chi connectivity index (χ2v) is 7.03. The van der Waals surface area contributed by atoms with Gasteiger partial charge in [-0.05, 0) is 48.9 Å². The zero-order valence-corrected chi connectivity index (χ0v) is 16.2. The predicted molar refractivity (Wildman–Crippen MR) is 109 cm³/mol. The van der Waals surface area contributed by atoms with Crippen LogP contribution >= 0.6 is 11.6 Å². The molecule has 0 radical (unpaired) electrons. The van der Waals surface area contributed by atoms with E-state index < -0.39 is 0 Å². The summed E-state index contributed by atoms with van der Waals surface area (Å²) < 4.78 is 5.33. The van der Waals surface area contributed by atoms with Crippen LogP contribution in [0.5, 0.6) is 0 Å². The van der Waals surface area contributed by atoms with Crippen LogP contribution in [-0.2, 0) is 0 Å². The summed E-state index contributed by atoms with van der Waals surface area (Å²) in [5.41, 5.74) is 2.37. The molecule has 3 heterocycles. The lowest BCUT2D eigenvalue weighted by molar-refractivity contribution is 0.208. The minimum Gasteiger partial charge on any atom is -0.463 e. The smallest absolute Gasteiger partial charge is 0.321 e. The first-order valence-corrected chi connectivity index (χ1v) is 9.42. The third kappa shape index (κ3) is 3.94. The highest BCUT2D eigenvalue weighted by molar-refractivity contribution is 6.31. The number of benzene rings is 1. The van der Waals surface area contributed by atoms with Gasteiger partial charge in [-0.1, -0.05) is 17.7 Å². The number of piperazine rings is 1. The quantitative estimate of drug-likeness (QED) is 0.721. The highest BCUT2D eigenvalue weighted by Gasteiger charge is 2.22. The van der Waals surface area contributed by atoms with Gasteiger partial charge in [0.15, 0.2) is 11.6 Å². The Bertz CT molecular complexity index is 951. The highest BCUT2D eigenvalue weighted by Crippen LogP contribution is 2.22. The number of amides is 2. The zero-order valence-electron chi connectivity index (χ0n) is 15.4. The summed E-state index contributed by atoms with van der Waals surface area (Å²) in [5.74, 6) is 1.48. The Morgan fingerprint density at radius 3 is 2.57 bits per heavy atom. The monoisotopic (exact) mass is 397 g/mol. The maximum atomic E-state index is 12.5. The molecule has 1 N–H and O–H groups in total. The Labute approximate surface area is 167 Å². The fourth-order valence-corrected chi connectivity index (χ4v) is 3.24. The standard InChI is InChI=1S/C20H20ClN5O2/c1-14-4-5-15(13-16(14)21)22-20(27)26-10-8-25(9-11-26)19-7-6-17(23-24-19)18-3-2-12-28-18/h2-7,12-13H,8-11H2,1H3,(H,22,27). The lowest BCUT2D eigenvalue weighted by Gasteiger charge is -2.35. The van der Waals surface area contributed by atoms with Gasteiger partial charge in [-0.3, -0.25) is 0 Å². The lowest BCUT2D eigenvalue weighted by Crippen LogP contribution is -2.50. The maximum Gasteiger partial charge on any atom is 0.321 e. The molecule has 2 aromatic heterocycles. The molecular formula is C20H20ClN5O2. The number of furan rings is 1. The summed E-state index contributed by atoms with van der Waals surface area (Å²) in [6.07, 6.45) is 1.61. The van der Waals surface area contributed by atoms with Crippen molar-refractivity contribution in [1.82, 2.24) is 15.1 Å². The Morgan fingerprint density at radius 1 is 1.11 bits per heavy atom. The summed E-state index contributed by atoms with van der Waals surface area (Å²) in [6.45, 7) is 4.52. The molecule has 4 rings (SSSR count). The average Bonchev–Trinajstić information content (AvgIpc) is 3.26. The van der Waals surface area contributed by atoms with Gasteiger partial charge in [0.05, 0.1) is 6.26 Å². The number of carbonyl (C=O) groups excluding carboxylic acids is 1. The van der Waals surface area contributed by atoms with E-state index in [0.29, 0.717) is 48.3 Å². The molecule has 0 atom stereocenters. The number of carbonyl (C=O) groups is 1. The van der Waals surface area contributed by atoms with Crippen LogP contribution in [0.25, 0.3) is 11.5 Å². The first-order chi connectivity index (χ1) is 13.6. The van der Waals surface area contributed by atoms with Gasteiger partial charge in [0.1, 0.15) is 5.69 Å². The molecule has 3 aromatic rings. The molecule has 1 fully saturated rings. The summed E-state index contributed by atoms with van der Waals surface area (Å²) in [6, 6.07) is 12.9. The number of hydrogen-bond acceptors (Lipinski definition) is 5. The molecule has 1 aliphatic rings. The minimum absolute atomic E-state index is 0.126. The van der Waals surface area contributed by atoms with Gasteiger partial charge in [0.25, 0.3) is 0 Å². The summed E-state index contributed by atoms with van der Waals surface area (Å²) in [7, 11) is 0. The fourth-order valence-electron chi connectivity index (χ4n) is 3.06. The molecule has 2 amide bonds. The molecule has 0 aliphatic carbocycles. The molecule has 28 heavy (non-hydrogen) atoms. The van der Waals surface area contributed by atoms with Crippen LogP contribution in [0, 0.1) is 6.92 Å². The van der Waals surface area contributed by atoms with Crippen molar-refractivity contribution >= 4 is 29.1 Å². The van der Waals surface area contributed by atoms with Crippen molar-refractivity contribution in [3.63, 3.8) is 0 Å². The van der Waals surface area contributed by atoms with Crippen LogP contribution in [0.4, 0.5) is 16.3 Å². The summed E-state index contributed by atoms with van der Waals surface area (Å²) in [4.78, 5) is 16.4. The van der Waals surface area contributed by atoms with E-state index in [0.717, 1.165) is 11.4 Å². The van der Waals surface area contributed by atoms with Gasteiger partial charge in [-0.25, -0.2) is 4.79 Å². The van der Waals surface area contributed by atoms with Gasteiger partial charge < -0.3 is 19.5 Å². The third-order valence-electron chi connectivity index (χ3n) is 4.74. The van der Waals surface area contributed by atoms with Crippen molar-refractivity contribution < 1.29 is 9.21 Å². The van der Waals surface area contributed by atoms with Gasteiger partial charge in [-0.15, -0.1) is 10.2 Å². The number of rotatable bonds is 3. The molecule has 0 unspecified atom stereocenters. The number of anilines is 2. The van der Waals surface area contributed by atoms with Crippen molar-refractivity contribution in [2.45, 2.75) is 6.92 Å². The molecular weight excluding hydrogens is 378 g/mol. The van der Waals surface area contributed by atoms with Crippen LogP contribution in [0.2, 0.25) is 5.02 Å². The van der Waals surface area contributed by atoms with Crippen LogP contribution in [-0.4, -0.2) is 47.3 Å². The molecule has 1 saturated heterocycles. The van der Waals surface area contributed by atoms with Crippen molar-refractivity contribution in [3.8, 4) is 11.5 Å². The Hall–Kier alpha value is -3.06. The van der Waals surface area contributed by atoms with Gasteiger partial charge in [0, 0.05) is 36.9 Å². The summed E-state index contributed by atoms with van der Waals surface area (Å²) in [5, 5.41) is 12.1. The first-order valence-electron chi connectivity index (χ1n) is 9.05. The van der Waals surface area contributed by atoms with Crippen LogP contribution in [0.1, 0.15) is 5.56 Å². The number of hydrogen-bond donors (Lipinski definition) is 1. The zero-order chi connectivity index (χ0) is 19.5. The van der Waals surface area contributed by atoms with E-state index in [2.05, 4.69) is 20.4 Å². The Morgan fingerprint density at radius 2 is 1.93 bits per heavy atom. The van der Waals surface area contributed by atoms with Crippen molar-refractivity contribution in [2.24, 2.45) is 0 Å². The Balaban J connectivity index is 1.33. The lowest BCUT2D eigenvalue weighted by atomic mass is 10.2. The molecule has 7 nitrogen and oxygen atoms in total. The number of halogens is 1. The van der Waals surface area contributed by atoms with Gasteiger partial charge >= 0.3 is 6.03 Å². The fraction of sp³-hybridized carbons (Fsp3) is 0.250. The van der Waals surface area contributed by atoms with Crippen LogP contribution in [0.3, 0.4) is 0 Å². The Kier molecular flexibility index (Phi) is 5.16. The highest BCUT2D eigenvalue weighted by atomic mass is 35.5. The minimum atomic E-state index is -0.126. The molecule has 0 saturated carbocycles. The van der Waals surface area contributed by atoms with E-state index in [1.807, 2.05) is 43.3 Å². The SMILES string of the molecule is Cc1ccc(NC(=O)N2CCN(c3ccc(-c4ccco4)nn3)CC2)cc1Cl. The van der Waals surface area contributed by atoms with Gasteiger partial charge in [0.2, 0.25) is 0 Å². The third-order valence-corrected chi connectivity index (χ3v) is 5.15. The van der Waals surface area contributed by atoms with Crippen molar-refractivity contribution in [3.05, 3.63) is 59.3 Å². The summed E-state index contributed by atoms with van der Waals surface area (Å²) >= 11 is 6.12. The number of nitrogens with zero attached hydrogens (tertiary/aromatic N) is 4. The predicted octanol–water partition coefficient (Wildman–Crippen LogP) is 4.05. The van der Waals surface area contributed by atoms with E-state index in [4.69, 9.17) is 16.0 Å². The maximum absolute atomic E-state index is 12.5. The van der Waals surface area contributed by atoms with E-state index in [9.17, 15) is 4.79 Å². The number of aromatic nitrogens is 2. The molecule has 144 valence electrons. The molecule has 0 bridgehead atoms. The number of urea groups is 1. The van der Waals surface area contributed by atoms with E-state index in [-0.39, 0.29) is 6.03 Å². The van der Waals surface area contributed by atoms with Crippen molar-refractivity contribution in [1.29, 1.82) is 0 Å². The van der Waals surface area contributed by atoms with E-state index in [1.54, 1.807) is 17.2 Å². The number of aryl methyl sites for hydroxylation is 1. The molecule has 1 aromatic carbocycles. The number of nitrogens with one attached hydrogen (secondary N) is 1. The van der Waals surface area contributed by atoms with E-state index in [1.165, 1.54) is 0 Å².